The highest BCUT2D eigenvalue weighted by atomic mass is 35.5. The first-order chi connectivity index (χ1) is 8.74. The van der Waals surface area contributed by atoms with Crippen molar-refractivity contribution in [2.75, 3.05) is 17.1 Å². The fraction of sp³-hybridized carbons (Fsp3) is 0.357. The van der Waals surface area contributed by atoms with Crippen molar-refractivity contribution in [3.05, 3.63) is 36.5 Å². The number of alkyl halides is 2. The summed E-state index contributed by atoms with van der Waals surface area (Å²) in [5, 5.41) is 4.57. The van der Waals surface area contributed by atoms with Gasteiger partial charge in [0.05, 0.1) is 11.1 Å². The van der Waals surface area contributed by atoms with Gasteiger partial charge in [0.25, 0.3) is 0 Å². The van der Waals surface area contributed by atoms with Crippen molar-refractivity contribution in [3.63, 3.8) is 0 Å². The lowest BCUT2D eigenvalue weighted by atomic mass is 10.0. The van der Waals surface area contributed by atoms with E-state index in [2.05, 4.69) is 17.2 Å². The van der Waals surface area contributed by atoms with Gasteiger partial charge in [-0.2, -0.15) is 0 Å². The number of fused-ring (bicyclic) bond motifs is 1. The summed E-state index contributed by atoms with van der Waals surface area (Å²) in [6, 6.07) is 9.99. The van der Waals surface area contributed by atoms with Crippen LogP contribution in [-0.2, 0) is 0 Å². The lowest BCUT2D eigenvalue weighted by Gasteiger charge is -2.31. The van der Waals surface area contributed by atoms with E-state index in [-0.39, 0.29) is 5.54 Å². The Labute approximate surface area is 117 Å². The monoisotopic (exact) mass is 282 g/mol. The van der Waals surface area contributed by atoms with Crippen molar-refractivity contribution in [3.8, 4) is 0 Å². The second-order valence-corrected chi connectivity index (χ2v) is 4.94. The molecule has 0 spiro atoms. The minimum atomic E-state index is -0.271. The summed E-state index contributed by atoms with van der Waals surface area (Å²) in [7, 11) is 0. The number of para-hydroxylation sites is 1. The fourth-order valence-corrected chi connectivity index (χ4v) is 2.67. The van der Waals surface area contributed by atoms with Gasteiger partial charge in [0, 0.05) is 29.0 Å². The summed E-state index contributed by atoms with van der Waals surface area (Å²) in [6.45, 7) is 2.08. The number of nitrogens with one attached hydrogen (secondary N) is 1. The summed E-state index contributed by atoms with van der Waals surface area (Å²) >= 11 is 12.1. The zero-order valence-electron chi connectivity index (χ0n) is 10.3. The number of pyridine rings is 1. The Morgan fingerprint density at radius 1 is 1.17 bits per heavy atom. The Hall–Kier alpha value is -0.990. The standard InChI is InChI=1S/C14H16Cl2N2/c1-2-14(9-15,10-16)18-13-7-8-17-12-6-4-3-5-11(12)13/h3-8H,2,9-10H2,1H3,(H,17,18). The average molecular weight is 283 g/mol. The largest absolute Gasteiger partial charge is 0.377 e. The number of hydrogen-bond acceptors (Lipinski definition) is 2. The molecule has 0 bridgehead atoms. The topological polar surface area (TPSA) is 24.9 Å². The molecule has 0 fully saturated rings. The first-order valence-electron chi connectivity index (χ1n) is 5.98. The highest BCUT2D eigenvalue weighted by Crippen LogP contribution is 2.27. The molecule has 0 aliphatic rings. The maximum atomic E-state index is 6.06. The lowest BCUT2D eigenvalue weighted by molar-refractivity contribution is 0.561. The SMILES string of the molecule is CCC(CCl)(CCl)Nc1ccnc2ccccc12. The second-order valence-electron chi connectivity index (χ2n) is 4.40. The van der Waals surface area contributed by atoms with E-state index in [0.29, 0.717) is 11.8 Å². The van der Waals surface area contributed by atoms with Crippen molar-refractivity contribution in [1.29, 1.82) is 0 Å². The molecule has 4 heteroatoms. The van der Waals surface area contributed by atoms with Crippen molar-refractivity contribution < 1.29 is 0 Å². The van der Waals surface area contributed by atoms with E-state index in [4.69, 9.17) is 23.2 Å². The second kappa shape index (κ2) is 5.77. The van der Waals surface area contributed by atoms with Crippen LogP contribution >= 0.6 is 23.2 Å². The van der Waals surface area contributed by atoms with Crippen molar-refractivity contribution in [2.45, 2.75) is 18.9 Å². The molecule has 0 saturated heterocycles. The van der Waals surface area contributed by atoms with Crippen LogP contribution < -0.4 is 5.32 Å². The van der Waals surface area contributed by atoms with Gasteiger partial charge in [-0.25, -0.2) is 0 Å². The van der Waals surface area contributed by atoms with Crippen LogP contribution in [0.5, 0.6) is 0 Å². The number of anilines is 1. The van der Waals surface area contributed by atoms with Gasteiger partial charge in [-0.15, -0.1) is 23.2 Å². The van der Waals surface area contributed by atoms with E-state index in [1.807, 2.05) is 30.3 Å². The van der Waals surface area contributed by atoms with E-state index in [9.17, 15) is 0 Å². The Morgan fingerprint density at radius 2 is 1.89 bits per heavy atom. The van der Waals surface area contributed by atoms with Crippen LogP contribution in [-0.4, -0.2) is 22.3 Å². The zero-order chi connectivity index (χ0) is 13.0. The van der Waals surface area contributed by atoms with E-state index in [1.54, 1.807) is 6.20 Å². The number of halogens is 2. The molecule has 0 aliphatic heterocycles. The predicted octanol–water partition coefficient (Wildman–Crippen LogP) is 4.27. The van der Waals surface area contributed by atoms with Gasteiger partial charge >= 0.3 is 0 Å². The minimum absolute atomic E-state index is 0.271. The van der Waals surface area contributed by atoms with Gasteiger partial charge in [0.15, 0.2) is 0 Å². The molecule has 1 heterocycles. The van der Waals surface area contributed by atoms with Gasteiger partial charge in [-0.1, -0.05) is 25.1 Å². The molecule has 1 aromatic heterocycles. The summed E-state index contributed by atoms with van der Waals surface area (Å²) in [6.07, 6.45) is 2.67. The van der Waals surface area contributed by atoms with Crippen LogP contribution in [0.2, 0.25) is 0 Å². The van der Waals surface area contributed by atoms with Crippen LogP contribution in [0.1, 0.15) is 13.3 Å². The highest BCUT2D eigenvalue weighted by molar-refractivity contribution is 6.22. The van der Waals surface area contributed by atoms with Crippen molar-refractivity contribution >= 4 is 39.8 Å². The van der Waals surface area contributed by atoms with Gasteiger partial charge in [0.1, 0.15) is 0 Å². The molecule has 0 saturated carbocycles. The number of aromatic nitrogens is 1. The molecule has 1 aromatic carbocycles. The zero-order valence-corrected chi connectivity index (χ0v) is 11.8. The number of benzene rings is 1. The molecule has 0 radical (unpaired) electrons. The molecular weight excluding hydrogens is 267 g/mol. The lowest BCUT2D eigenvalue weighted by Crippen LogP contribution is -2.41. The summed E-state index contributed by atoms with van der Waals surface area (Å²) in [4.78, 5) is 4.34. The molecule has 0 atom stereocenters. The predicted molar refractivity (Wildman–Crippen MR) is 79.8 cm³/mol. The van der Waals surface area contributed by atoms with Gasteiger partial charge in [-0.05, 0) is 18.6 Å². The first-order valence-corrected chi connectivity index (χ1v) is 7.05. The summed E-state index contributed by atoms with van der Waals surface area (Å²) in [5.74, 6) is 0.952. The van der Waals surface area contributed by atoms with Gasteiger partial charge in [0.2, 0.25) is 0 Å². The molecule has 0 amide bonds. The van der Waals surface area contributed by atoms with E-state index >= 15 is 0 Å². The minimum Gasteiger partial charge on any atom is -0.377 e. The molecule has 2 aromatic rings. The molecule has 0 unspecified atom stereocenters. The van der Waals surface area contributed by atoms with Gasteiger partial charge in [-0.3, -0.25) is 4.98 Å². The Bertz CT molecular complexity index is 510. The van der Waals surface area contributed by atoms with Gasteiger partial charge < -0.3 is 5.32 Å². The van der Waals surface area contributed by atoms with Crippen molar-refractivity contribution in [2.24, 2.45) is 0 Å². The Balaban J connectivity index is 2.42. The summed E-state index contributed by atoms with van der Waals surface area (Å²) < 4.78 is 0. The third-order valence-electron chi connectivity index (χ3n) is 3.24. The molecule has 96 valence electrons. The quantitative estimate of drug-likeness (QED) is 0.829. The maximum Gasteiger partial charge on any atom is 0.0722 e. The van der Waals surface area contributed by atoms with Crippen LogP contribution in [0, 0.1) is 0 Å². The normalized spacial score (nSPS) is 11.7. The van der Waals surface area contributed by atoms with Crippen LogP contribution in [0.15, 0.2) is 36.5 Å². The van der Waals surface area contributed by atoms with Crippen LogP contribution in [0.4, 0.5) is 5.69 Å². The fourth-order valence-electron chi connectivity index (χ4n) is 1.87. The first kappa shape index (κ1) is 13.4. The number of hydrogen-bond donors (Lipinski definition) is 1. The number of nitrogens with zero attached hydrogens (tertiary/aromatic N) is 1. The summed E-state index contributed by atoms with van der Waals surface area (Å²) in [5.41, 5.74) is 1.73. The van der Waals surface area contributed by atoms with Crippen LogP contribution in [0.25, 0.3) is 10.9 Å². The Kier molecular flexibility index (Phi) is 4.31. The third kappa shape index (κ3) is 2.55. The molecule has 1 N–H and O–H groups in total. The molecular formula is C14H16Cl2N2. The van der Waals surface area contributed by atoms with E-state index < -0.39 is 0 Å². The molecule has 0 aliphatic carbocycles. The third-order valence-corrected chi connectivity index (χ3v) is 4.26. The van der Waals surface area contributed by atoms with Crippen LogP contribution in [0.3, 0.4) is 0 Å². The van der Waals surface area contributed by atoms with E-state index in [1.165, 1.54) is 0 Å². The number of rotatable bonds is 5. The smallest absolute Gasteiger partial charge is 0.0722 e. The van der Waals surface area contributed by atoms with Crippen molar-refractivity contribution in [1.82, 2.24) is 4.98 Å². The molecule has 2 rings (SSSR count). The maximum absolute atomic E-state index is 6.06. The van der Waals surface area contributed by atoms with E-state index in [0.717, 1.165) is 23.0 Å². The molecule has 18 heavy (non-hydrogen) atoms. The Morgan fingerprint density at radius 3 is 2.56 bits per heavy atom. The molecule has 2 nitrogen and oxygen atoms in total. The average Bonchev–Trinajstić information content (AvgIpc) is 2.45. The highest BCUT2D eigenvalue weighted by Gasteiger charge is 2.26.